The Balaban J connectivity index is 1.36. The van der Waals surface area contributed by atoms with E-state index in [9.17, 15) is 14.0 Å². The molecule has 1 fully saturated rings. The molecule has 3 aromatic rings. The van der Waals surface area contributed by atoms with Crippen molar-refractivity contribution >= 4 is 52.4 Å². The molecule has 0 radical (unpaired) electrons. The number of carbonyl (C=O) groups is 2. The van der Waals surface area contributed by atoms with Gasteiger partial charge in [0.15, 0.2) is 0 Å². The van der Waals surface area contributed by atoms with Crippen LogP contribution in [-0.2, 0) is 16.0 Å². The van der Waals surface area contributed by atoms with Gasteiger partial charge < -0.3 is 10.4 Å². The van der Waals surface area contributed by atoms with Crippen molar-refractivity contribution in [3.8, 4) is 10.4 Å². The van der Waals surface area contributed by atoms with Crippen LogP contribution in [0, 0.1) is 11.7 Å². The van der Waals surface area contributed by atoms with Gasteiger partial charge >= 0.3 is 5.97 Å². The van der Waals surface area contributed by atoms with E-state index < -0.39 is 11.8 Å². The van der Waals surface area contributed by atoms with Crippen molar-refractivity contribution in [1.29, 1.82) is 0 Å². The lowest BCUT2D eigenvalue weighted by Crippen LogP contribution is -2.33. The summed E-state index contributed by atoms with van der Waals surface area (Å²) in [6.45, 7) is 0. The second-order valence-corrected chi connectivity index (χ2v) is 10.6. The van der Waals surface area contributed by atoms with Gasteiger partial charge in [0, 0.05) is 27.6 Å². The molecule has 3 N–H and O–H groups in total. The molecule has 1 saturated heterocycles. The van der Waals surface area contributed by atoms with Crippen LogP contribution >= 0.6 is 34.9 Å². The molecule has 0 saturated carbocycles. The number of carboxylic acids is 1. The molecule has 9 heteroatoms. The number of carboxylic acid groups (broad SMARTS) is 1. The van der Waals surface area contributed by atoms with Crippen LogP contribution in [0.5, 0.6) is 0 Å². The van der Waals surface area contributed by atoms with E-state index in [0.717, 1.165) is 27.3 Å². The lowest BCUT2D eigenvalue weighted by Gasteiger charge is -2.28. The van der Waals surface area contributed by atoms with Gasteiger partial charge in [-0.1, -0.05) is 47.8 Å². The van der Waals surface area contributed by atoms with Crippen molar-refractivity contribution < 1.29 is 19.1 Å². The lowest BCUT2D eigenvalue weighted by molar-refractivity contribution is -0.137. The average Bonchev–Trinajstić information content (AvgIpc) is 3.32. The van der Waals surface area contributed by atoms with E-state index in [1.807, 2.05) is 12.1 Å². The molecule has 34 heavy (non-hydrogen) atoms. The third-order valence-corrected chi connectivity index (χ3v) is 8.21. The summed E-state index contributed by atoms with van der Waals surface area (Å²) < 4.78 is 16.8. The Bertz CT molecular complexity index is 1170. The predicted octanol–water partition coefficient (Wildman–Crippen LogP) is 6.55. The van der Waals surface area contributed by atoms with Crippen LogP contribution in [0.4, 0.5) is 10.1 Å². The summed E-state index contributed by atoms with van der Waals surface area (Å²) in [6.07, 6.45) is 2.22. The second-order valence-electron chi connectivity index (χ2n) is 8.18. The molecule has 2 unspecified atom stereocenters. The number of amides is 1. The first-order valence-electron chi connectivity index (χ1n) is 10.9. The first-order chi connectivity index (χ1) is 16.4. The molecule has 0 spiro atoms. The number of anilines is 1. The second kappa shape index (κ2) is 11.4. The summed E-state index contributed by atoms with van der Waals surface area (Å²) in [5.41, 5.74) is 2.73. The Kier molecular flexibility index (Phi) is 8.26. The molecular weight excluding hydrogens is 495 g/mol. The molecule has 1 aliphatic rings. The molecule has 2 aromatic carbocycles. The highest BCUT2D eigenvalue weighted by atomic mass is 35.5. The van der Waals surface area contributed by atoms with Gasteiger partial charge in [0.25, 0.3) is 0 Å². The van der Waals surface area contributed by atoms with E-state index in [1.54, 1.807) is 11.3 Å². The molecule has 2 heterocycles. The van der Waals surface area contributed by atoms with E-state index in [4.69, 9.17) is 16.7 Å². The first-order valence-corrected chi connectivity index (χ1v) is 13.1. The summed E-state index contributed by atoms with van der Waals surface area (Å²) in [5, 5.41) is 11.6. The third-order valence-electron chi connectivity index (χ3n) is 5.65. The smallest absolute Gasteiger partial charge is 0.303 e. The number of nitrogens with one attached hydrogen (secondary N) is 2. The average molecular weight is 519 g/mol. The Labute approximate surface area is 210 Å². The molecule has 5 nitrogen and oxygen atoms in total. The molecular formula is C25H24ClFN2O3S2. The SMILES string of the molecule is O=C(O)CCCc1ccc(-c2ccc(C3CC(C(=O)Nc4ccc(F)c(Cl)c4)CSN3)s2)cc1. The minimum Gasteiger partial charge on any atom is -0.481 e. The number of rotatable bonds is 8. The van der Waals surface area contributed by atoms with E-state index in [2.05, 4.69) is 34.3 Å². The molecule has 178 valence electrons. The van der Waals surface area contributed by atoms with Gasteiger partial charge in [-0.05, 0) is 60.7 Å². The van der Waals surface area contributed by atoms with Gasteiger partial charge in [-0.3, -0.25) is 14.3 Å². The van der Waals surface area contributed by atoms with Gasteiger partial charge in [-0.15, -0.1) is 11.3 Å². The summed E-state index contributed by atoms with van der Waals surface area (Å²) >= 11 is 9.05. The maximum Gasteiger partial charge on any atom is 0.303 e. The van der Waals surface area contributed by atoms with Crippen molar-refractivity contribution in [2.45, 2.75) is 31.7 Å². The van der Waals surface area contributed by atoms with Gasteiger partial charge in [-0.25, -0.2) is 4.39 Å². The monoisotopic (exact) mass is 518 g/mol. The van der Waals surface area contributed by atoms with Crippen LogP contribution in [0.25, 0.3) is 10.4 Å². The third kappa shape index (κ3) is 6.39. The summed E-state index contributed by atoms with van der Waals surface area (Å²) in [7, 11) is 0. The Morgan fingerprint density at radius 1 is 1.15 bits per heavy atom. The number of carbonyl (C=O) groups excluding carboxylic acids is 1. The standard InChI is InChI=1S/C25H24ClFN2O3S2/c26-19-13-18(8-9-20(19)27)28-25(32)17-12-21(29-33-14-17)23-11-10-22(34-23)16-6-4-15(5-7-16)2-1-3-24(30)31/h4-11,13,17,21,29H,1-3,12,14H2,(H,28,32)(H,30,31). The number of hydrogen-bond donors (Lipinski definition) is 3. The Morgan fingerprint density at radius 2 is 1.94 bits per heavy atom. The van der Waals surface area contributed by atoms with Gasteiger partial charge in [0.05, 0.1) is 17.0 Å². The van der Waals surface area contributed by atoms with Gasteiger partial charge in [0.2, 0.25) is 5.91 Å². The molecule has 1 aliphatic heterocycles. The van der Waals surface area contributed by atoms with Crippen LogP contribution in [0.2, 0.25) is 5.02 Å². The quantitative estimate of drug-likeness (QED) is 0.295. The van der Waals surface area contributed by atoms with Crippen LogP contribution in [-0.4, -0.2) is 22.7 Å². The summed E-state index contributed by atoms with van der Waals surface area (Å²) in [5.74, 6) is -0.915. The first kappa shape index (κ1) is 24.7. The van der Waals surface area contributed by atoms with E-state index >= 15 is 0 Å². The van der Waals surface area contributed by atoms with Crippen LogP contribution in [0.15, 0.2) is 54.6 Å². The minimum absolute atomic E-state index is 0.0187. The highest BCUT2D eigenvalue weighted by Gasteiger charge is 2.29. The number of benzene rings is 2. The van der Waals surface area contributed by atoms with Crippen molar-refractivity contribution in [1.82, 2.24) is 4.72 Å². The number of aryl methyl sites for hydroxylation is 1. The molecule has 0 bridgehead atoms. The predicted molar refractivity (Wildman–Crippen MR) is 137 cm³/mol. The maximum atomic E-state index is 13.4. The zero-order valence-corrected chi connectivity index (χ0v) is 20.6. The highest BCUT2D eigenvalue weighted by Crippen LogP contribution is 2.38. The van der Waals surface area contributed by atoms with Crippen LogP contribution in [0.1, 0.15) is 35.7 Å². The normalized spacial score (nSPS) is 17.9. The van der Waals surface area contributed by atoms with Crippen molar-refractivity contribution in [2.24, 2.45) is 5.92 Å². The van der Waals surface area contributed by atoms with Crippen molar-refractivity contribution in [3.05, 3.63) is 75.9 Å². The minimum atomic E-state index is -0.767. The number of hydrogen-bond acceptors (Lipinski definition) is 5. The molecule has 4 rings (SSSR count). The van der Waals surface area contributed by atoms with Crippen molar-refractivity contribution in [3.63, 3.8) is 0 Å². The molecule has 2 atom stereocenters. The van der Waals surface area contributed by atoms with Crippen molar-refractivity contribution in [2.75, 3.05) is 11.1 Å². The zero-order valence-electron chi connectivity index (χ0n) is 18.2. The van der Waals surface area contributed by atoms with E-state index in [-0.39, 0.29) is 29.3 Å². The van der Waals surface area contributed by atoms with E-state index in [1.165, 1.54) is 30.1 Å². The number of thiophene rings is 1. The van der Waals surface area contributed by atoms with Crippen LogP contribution < -0.4 is 10.0 Å². The summed E-state index contributed by atoms with van der Waals surface area (Å²) in [4.78, 5) is 25.8. The molecule has 1 amide bonds. The number of halogens is 2. The lowest BCUT2D eigenvalue weighted by atomic mass is 9.99. The van der Waals surface area contributed by atoms with Crippen LogP contribution in [0.3, 0.4) is 0 Å². The summed E-state index contributed by atoms with van der Waals surface area (Å²) in [6, 6.07) is 16.7. The Morgan fingerprint density at radius 3 is 2.68 bits per heavy atom. The fourth-order valence-electron chi connectivity index (χ4n) is 3.80. The zero-order chi connectivity index (χ0) is 24.1. The topological polar surface area (TPSA) is 78.4 Å². The molecule has 1 aromatic heterocycles. The van der Waals surface area contributed by atoms with E-state index in [0.29, 0.717) is 24.3 Å². The Hall–Kier alpha value is -2.39. The number of aliphatic carboxylic acids is 1. The van der Waals surface area contributed by atoms with Gasteiger partial charge in [0.1, 0.15) is 5.82 Å². The molecule has 0 aliphatic carbocycles. The van der Waals surface area contributed by atoms with Gasteiger partial charge in [-0.2, -0.15) is 0 Å². The maximum absolute atomic E-state index is 13.4. The largest absolute Gasteiger partial charge is 0.481 e. The fraction of sp³-hybridized carbons (Fsp3) is 0.280. The highest BCUT2D eigenvalue weighted by molar-refractivity contribution is 7.97. The fourth-order valence-corrected chi connectivity index (χ4v) is 6.14.